The van der Waals surface area contributed by atoms with Crippen molar-refractivity contribution in [1.82, 2.24) is 15.1 Å². The van der Waals surface area contributed by atoms with E-state index in [9.17, 15) is 9.18 Å². The first-order valence-electron chi connectivity index (χ1n) is 8.11. The average Bonchev–Trinajstić information content (AvgIpc) is 3.04. The van der Waals surface area contributed by atoms with Crippen LogP contribution >= 0.6 is 0 Å². The topological polar surface area (TPSA) is 70.7 Å². The van der Waals surface area contributed by atoms with E-state index in [1.165, 1.54) is 18.3 Å². The number of aromatic nitrogens is 2. The van der Waals surface area contributed by atoms with E-state index in [-0.39, 0.29) is 17.8 Å². The van der Waals surface area contributed by atoms with E-state index in [2.05, 4.69) is 16.5 Å². The van der Waals surface area contributed by atoms with Crippen molar-refractivity contribution in [2.45, 2.75) is 19.9 Å². The van der Waals surface area contributed by atoms with Gasteiger partial charge in [0.15, 0.2) is 0 Å². The zero-order chi connectivity index (χ0) is 18.7. The highest BCUT2D eigenvalue weighted by Gasteiger charge is 2.17. The zero-order valence-electron chi connectivity index (χ0n) is 14.4. The van der Waals surface area contributed by atoms with Crippen LogP contribution in [0.4, 0.5) is 4.39 Å². The molecule has 0 bridgehead atoms. The van der Waals surface area contributed by atoms with Crippen molar-refractivity contribution in [3.63, 3.8) is 0 Å². The Morgan fingerprint density at radius 3 is 2.46 bits per heavy atom. The molecule has 1 heterocycles. The minimum absolute atomic E-state index is 0.219. The van der Waals surface area contributed by atoms with Gasteiger partial charge in [-0.2, -0.15) is 10.4 Å². The number of rotatable bonds is 4. The van der Waals surface area contributed by atoms with E-state index in [4.69, 9.17) is 5.26 Å². The molecule has 130 valence electrons. The summed E-state index contributed by atoms with van der Waals surface area (Å²) in [5, 5.41) is 16.0. The summed E-state index contributed by atoms with van der Waals surface area (Å²) in [6.07, 6.45) is 1.50. The van der Waals surface area contributed by atoms with Crippen LogP contribution in [0.1, 0.15) is 40.1 Å². The molecule has 1 unspecified atom stereocenters. The number of hydrogen-bond acceptors (Lipinski definition) is 3. The molecule has 1 atom stereocenters. The van der Waals surface area contributed by atoms with E-state index in [0.29, 0.717) is 22.5 Å². The summed E-state index contributed by atoms with van der Waals surface area (Å²) in [5.74, 6) is -0.569. The Balaban J connectivity index is 1.77. The molecule has 1 aromatic heterocycles. The average molecular weight is 348 g/mol. The van der Waals surface area contributed by atoms with E-state index in [1.54, 1.807) is 35.9 Å². The molecule has 0 saturated carbocycles. The summed E-state index contributed by atoms with van der Waals surface area (Å²) < 4.78 is 14.7. The monoisotopic (exact) mass is 348 g/mol. The Kier molecular flexibility index (Phi) is 4.81. The molecule has 0 fully saturated rings. The number of nitrogens with one attached hydrogen (secondary N) is 1. The molecule has 0 spiro atoms. The first-order valence-corrected chi connectivity index (χ1v) is 8.11. The number of carbonyl (C=O) groups is 1. The fourth-order valence-electron chi connectivity index (χ4n) is 2.68. The molecule has 0 aliphatic carbocycles. The van der Waals surface area contributed by atoms with Gasteiger partial charge in [-0.3, -0.25) is 4.79 Å². The Labute approximate surface area is 150 Å². The van der Waals surface area contributed by atoms with Gasteiger partial charge in [-0.15, -0.1) is 0 Å². The van der Waals surface area contributed by atoms with Crippen LogP contribution in [0.5, 0.6) is 0 Å². The third-order valence-electron chi connectivity index (χ3n) is 4.21. The summed E-state index contributed by atoms with van der Waals surface area (Å²) >= 11 is 0. The van der Waals surface area contributed by atoms with E-state index < -0.39 is 0 Å². The van der Waals surface area contributed by atoms with Crippen LogP contribution in [0.15, 0.2) is 54.7 Å². The van der Waals surface area contributed by atoms with Gasteiger partial charge < -0.3 is 5.32 Å². The van der Waals surface area contributed by atoms with Gasteiger partial charge in [-0.25, -0.2) is 9.07 Å². The van der Waals surface area contributed by atoms with Crippen LogP contribution in [-0.2, 0) is 0 Å². The van der Waals surface area contributed by atoms with Crippen molar-refractivity contribution in [3.8, 4) is 11.8 Å². The summed E-state index contributed by atoms with van der Waals surface area (Å²) in [4.78, 5) is 12.6. The summed E-state index contributed by atoms with van der Waals surface area (Å²) in [6, 6.07) is 14.8. The Bertz CT molecular complexity index is 969. The van der Waals surface area contributed by atoms with Gasteiger partial charge in [-0.1, -0.05) is 12.1 Å². The lowest BCUT2D eigenvalue weighted by Crippen LogP contribution is -2.27. The molecular formula is C20H17FN4O. The second-order valence-corrected chi connectivity index (χ2v) is 5.96. The molecule has 0 saturated heterocycles. The molecule has 2 aromatic carbocycles. The van der Waals surface area contributed by atoms with Gasteiger partial charge in [0.25, 0.3) is 5.91 Å². The highest BCUT2D eigenvalue weighted by atomic mass is 19.1. The first kappa shape index (κ1) is 17.4. The van der Waals surface area contributed by atoms with Crippen LogP contribution in [0.2, 0.25) is 0 Å². The van der Waals surface area contributed by atoms with Crippen molar-refractivity contribution >= 4 is 5.91 Å². The van der Waals surface area contributed by atoms with Gasteiger partial charge in [0, 0.05) is 0 Å². The molecule has 0 aliphatic heterocycles. The summed E-state index contributed by atoms with van der Waals surface area (Å²) in [6.45, 7) is 3.66. The fourth-order valence-corrected chi connectivity index (χ4v) is 2.68. The Hall–Kier alpha value is -3.46. The van der Waals surface area contributed by atoms with Crippen molar-refractivity contribution in [3.05, 3.63) is 82.9 Å². The summed E-state index contributed by atoms with van der Waals surface area (Å²) in [5.41, 5.74) is 3.28. The van der Waals surface area contributed by atoms with Gasteiger partial charge in [0.1, 0.15) is 5.82 Å². The van der Waals surface area contributed by atoms with Gasteiger partial charge in [0.05, 0.1) is 40.8 Å². The third kappa shape index (κ3) is 3.47. The number of benzene rings is 2. The second-order valence-electron chi connectivity index (χ2n) is 5.96. The van der Waals surface area contributed by atoms with Crippen LogP contribution in [0, 0.1) is 24.1 Å². The number of carbonyl (C=O) groups excluding carboxylic acids is 1. The SMILES string of the molecule is Cc1c(C(=O)NC(C)c2ccc(C#N)cc2)cnn1-c1ccc(F)cc1. The van der Waals surface area contributed by atoms with E-state index in [0.717, 1.165) is 5.56 Å². The quantitative estimate of drug-likeness (QED) is 0.782. The minimum Gasteiger partial charge on any atom is -0.345 e. The zero-order valence-corrected chi connectivity index (χ0v) is 14.4. The van der Waals surface area contributed by atoms with Crippen LogP contribution < -0.4 is 5.32 Å². The lowest BCUT2D eigenvalue weighted by atomic mass is 10.1. The Morgan fingerprint density at radius 2 is 1.85 bits per heavy atom. The molecule has 0 aliphatic rings. The van der Waals surface area contributed by atoms with Crippen LogP contribution in [0.3, 0.4) is 0 Å². The first-order chi connectivity index (χ1) is 12.5. The number of hydrogen-bond donors (Lipinski definition) is 1. The molecule has 3 aromatic rings. The molecule has 3 rings (SSSR count). The normalized spacial score (nSPS) is 11.6. The maximum Gasteiger partial charge on any atom is 0.255 e. The van der Waals surface area contributed by atoms with E-state index in [1.807, 2.05) is 19.1 Å². The minimum atomic E-state index is -0.326. The Morgan fingerprint density at radius 1 is 1.19 bits per heavy atom. The van der Waals surface area contributed by atoms with Crippen molar-refractivity contribution in [1.29, 1.82) is 5.26 Å². The number of nitriles is 1. The highest BCUT2D eigenvalue weighted by molar-refractivity contribution is 5.95. The van der Waals surface area contributed by atoms with Gasteiger partial charge in [-0.05, 0) is 55.8 Å². The maximum absolute atomic E-state index is 13.1. The maximum atomic E-state index is 13.1. The molecule has 1 amide bonds. The lowest BCUT2D eigenvalue weighted by molar-refractivity contribution is 0.0939. The van der Waals surface area contributed by atoms with Crippen LogP contribution in [-0.4, -0.2) is 15.7 Å². The molecule has 0 radical (unpaired) electrons. The van der Waals surface area contributed by atoms with E-state index >= 15 is 0 Å². The third-order valence-corrected chi connectivity index (χ3v) is 4.21. The highest BCUT2D eigenvalue weighted by Crippen LogP contribution is 2.17. The molecule has 26 heavy (non-hydrogen) atoms. The molecule has 6 heteroatoms. The van der Waals surface area contributed by atoms with Crippen molar-refractivity contribution in [2.75, 3.05) is 0 Å². The molecule has 5 nitrogen and oxygen atoms in total. The summed E-state index contributed by atoms with van der Waals surface area (Å²) in [7, 11) is 0. The smallest absolute Gasteiger partial charge is 0.255 e. The fraction of sp³-hybridized carbons (Fsp3) is 0.150. The number of halogens is 1. The van der Waals surface area contributed by atoms with Crippen molar-refractivity contribution in [2.24, 2.45) is 0 Å². The van der Waals surface area contributed by atoms with Gasteiger partial charge >= 0.3 is 0 Å². The van der Waals surface area contributed by atoms with Crippen LogP contribution in [0.25, 0.3) is 5.69 Å². The number of nitrogens with zero attached hydrogens (tertiary/aromatic N) is 3. The van der Waals surface area contributed by atoms with Crippen molar-refractivity contribution < 1.29 is 9.18 Å². The predicted molar refractivity (Wildman–Crippen MR) is 95.3 cm³/mol. The largest absolute Gasteiger partial charge is 0.345 e. The van der Waals surface area contributed by atoms with Gasteiger partial charge in [0.2, 0.25) is 0 Å². The standard InChI is InChI=1S/C20H17FN4O/c1-13(16-5-3-15(11-22)4-6-16)24-20(26)19-12-23-25(14(19)2)18-9-7-17(21)8-10-18/h3-10,12-13H,1-2H3,(H,24,26). The number of amides is 1. The predicted octanol–water partition coefficient (Wildman–Crippen LogP) is 3.68. The molecule has 1 N–H and O–H groups in total. The molecular weight excluding hydrogens is 331 g/mol. The lowest BCUT2D eigenvalue weighted by Gasteiger charge is -2.14. The second kappa shape index (κ2) is 7.19.